The molecule has 0 aromatic heterocycles. The number of carbonyl (C=O) groups excluding carboxylic acids is 2. The monoisotopic (exact) mass is 315 g/mol. The van der Waals surface area contributed by atoms with E-state index in [1.165, 1.54) is 4.90 Å². The van der Waals surface area contributed by atoms with E-state index in [2.05, 4.69) is 0 Å². The minimum Gasteiger partial charge on any atom is -0.311 e. The molecule has 1 aromatic carbocycles. The lowest BCUT2D eigenvalue weighted by Gasteiger charge is -2.16. The number of hydrogen-bond donors (Lipinski definition) is 0. The fourth-order valence-electron chi connectivity index (χ4n) is 2.14. The lowest BCUT2D eigenvalue weighted by atomic mass is 10.1. The first-order chi connectivity index (χ1) is 9.32. The summed E-state index contributed by atoms with van der Waals surface area (Å²) >= 11 is 0. The number of amides is 1. The van der Waals surface area contributed by atoms with E-state index in [0.717, 1.165) is 0 Å². The Balaban J connectivity index is 2.21. The van der Waals surface area contributed by atoms with Crippen molar-refractivity contribution in [2.45, 2.75) is 25.0 Å². The van der Waals surface area contributed by atoms with Crippen LogP contribution in [0.3, 0.4) is 0 Å². The van der Waals surface area contributed by atoms with Crippen molar-refractivity contribution in [2.75, 3.05) is 11.4 Å². The van der Waals surface area contributed by atoms with Crippen molar-refractivity contribution >= 4 is 37.1 Å². The van der Waals surface area contributed by atoms with Gasteiger partial charge < -0.3 is 4.90 Å². The maximum absolute atomic E-state index is 11.8. The van der Waals surface area contributed by atoms with Crippen LogP contribution in [0.15, 0.2) is 24.3 Å². The second-order valence-corrected chi connectivity index (χ2v) is 7.54. The minimum absolute atomic E-state index is 0.0190. The second kappa shape index (κ2) is 5.54. The Hall–Kier alpha value is -1.40. The van der Waals surface area contributed by atoms with Gasteiger partial charge in [-0.1, -0.05) is 6.92 Å². The molecule has 1 aliphatic rings. The van der Waals surface area contributed by atoms with Crippen molar-refractivity contribution in [3.63, 3.8) is 0 Å². The Labute approximate surface area is 121 Å². The standard InChI is InChI=1S/C13H14ClNO4S/c1-2-12(16)9-3-5-10(6-4-9)15-8-11(7-13(15)17)20(14,18)19/h3-6,11H,2,7-8H2,1H3. The second-order valence-electron chi connectivity index (χ2n) is 4.63. The van der Waals surface area contributed by atoms with Gasteiger partial charge in [0.1, 0.15) is 5.25 Å². The van der Waals surface area contributed by atoms with E-state index >= 15 is 0 Å². The highest BCUT2D eigenvalue weighted by Crippen LogP contribution is 2.27. The smallest absolute Gasteiger partial charge is 0.237 e. The molecule has 1 unspecified atom stereocenters. The molecule has 1 heterocycles. The van der Waals surface area contributed by atoms with Gasteiger partial charge in [-0.3, -0.25) is 9.59 Å². The number of halogens is 1. The Bertz CT molecular complexity index is 639. The number of hydrogen-bond acceptors (Lipinski definition) is 4. The molecule has 1 saturated heterocycles. The van der Waals surface area contributed by atoms with Crippen LogP contribution >= 0.6 is 10.7 Å². The van der Waals surface area contributed by atoms with Gasteiger partial charge in [0.2, 0.25) is 15.0 Å². The van der Waals surface area contributed by atoms with E-state index < -0.39 is 14.3 Å². The molecule has 0 aliphatic carbocycles. The Kier molecular flexibility index (Phi) is 4.15. The third kappa shape index (κ3) is 3.02. The molecular weight excluding hydrogens is 302 g/mol. The zero-order valence-electron chi connectivity index (χ0n) is 10.9. The summed E-state index contributed by atoms with van der Waals surface area (Å²) in [6, 6.07) is 6.56. The molecule has 2 rings (SSSR count). The number of benzene rings is 1. The average Bonchev–Trinajstić information content (AvgIpc) is 2.80. The fourth-order valence-corrected chi connectivity index (χ4v) is 3.17. The van der Waals surface area contributed by atoms with E-state index in [1.54, 1.807) is 31.2 Å². The van der Waals surface area contributed by atoms with Gasteiger partial charge in [0.15, 0.2) is 5.78 Å². The van der Waals surface area contributed by atoms with Crippen LogP contribution in [0.25, 0.3) is 0 Å². The first kappa shape index (κ1) is 15.0. The third-order valence-electron chi connectivity index (χ3n) is 3.31. The van der Waals surface area contributed by atoms with Gasteiger partial charge in [-0.25, -0.2) is 8.42 Å². The Morgan fingerprint density at radius 2 is 1.95 bits per heavy atom. The Morgan fingerprint density at radius 3 is 2.40 bits per heavy atom. The van der Waals surface area contributed by atoms with Crippen LogP contribution in [0.1, 0.15) is 30.1 Å². The number of Topliss-reactive ketones (excluding diaryl/α,β-unsaturated/α-hetero) is 1. The summed E-state index contributed by atoms with van der Waals surface area (Å²) in [5.41, 5.74) is 1.15. The van der Waals surface area contributed by atoms with Crippen molar-refractivity contribution in [1.82, 2.24) is 0 Å². The number of carbonyl (C=O) groups is 2. The van der Waals surface area contributed by atoms with Crippen molar-refractivity contribution in [3.05, 3.63) is 29.8 Å². The minimum atomic E-state index is -3.75. The molecule has 0 radical (unpaired) electrons. The van der Waals surface area contributed by atoms with Crippen molar-refractivity contribution < 1.29 is 18.0 Å². The number of nitrogens with zero attached hydrogens (tertiary/aromatic N) is 1. The van der Waals surface area contributed by atoms with Crippen LogP contribution in [-0.4, -0.2) is 31.9 Å². The van der Waals surface area contributed by atoms with Crippen LogP contribution in [0.5, 0.6) is 0 Å². The maximum atomic E-state index is 11.8. The van der Waals surface area contributed by atoms with E-state index in [9.17, 15) is 18.0 Å². The van der Waals surface area contributed by atoms with Crippen LogP contribution in [0.2, 0.25) is 0 Å². The van der Waals surface area contributed by atoms with Gasteiger partial charge in [-0.2, -0.15) is 0 Å². The normalized spacial score (nSPS) is 19.4. The molecule has 5 nitrogen and oxygen atoms in total. The summed E-state index contributed by atoms with van der Waals surface area (Å²) in [6.07, 6.45) is 0.302. The quantitative estimate of drug-likeness (QED) is 0.629. The molecule has 108 valence electrons. The van der Waals surface area contributed by atoms with Gasteiger partial charge in [-0.05, 0) is 24.3 Å². The lowest BCUT2D eigenvalue weighted by molar-refractivity contribution is -0.117. The highest BCUT2D eigenvalue weighted by molar-refractivity contribution is 8.14. The van der Waals surface area contributed by atoms with E-state index in [-0.39, 0.29) is 24.7 Å². The van der Waals surface area contributed by atoms with Crippen molar-refractivity contribution in [3.8, 4) is 0 Å². The molecule has 0 bridgehead atoms. The zero-order chi connectivity index (χ0) is 14.9. The van der Waals surface area contributed by atoms with Gasteiger partial charge >= 0.3 is 0 Å². The summed E-state index contributed by atoms with van der Waals surface area (Å²) < 4.78 is 22.6. The maximum Gasteiger partial charge on any atom is 0.237 e. The third-order valence-corrected chi connectivity index (χ3v) is 5.18. The highest BCUT2D eigenvalue weighted by atomic mass is 35.7. The van der Waals surface area contributed by atoms with Crippen LogP contribution < -0.4 is 4.90 Å². The van der Waals surface area contributed by atoms with Gasteiger partial charge in [-0.15, -0.1) is 0 Å². The zero-order valence-corrected chi connectivity index (χ0v) is 12.4. The van der Waals surface area contributed by atoms with Gasteiger partial charge in [0.25, 0.3) is 0 Å². The Morgan fingerprint density at radius 1 is 1.35 bits per heavy atom. The molecule has 1 fully saturated rings. The summed E-state index contributed by atoms with van der Waals surface area (Å²) in [4.78, 5) is 24.7. The summed E-state index contributed by atoms with van der Waals surface area (Å²) in [5, 5.41) is -0.881. The summed E-state index contributed by atoms with van der Waals surface area (Å²) in [6.45, 7) is 1.82. The van der Waals surface area contributed by atoms with Crippen LogP contribution in [-0.2, 0) is 13.8 Å². The molecule has 20 heavy (non-hydrogen) atoms. The van der Waals surface area contributed by atoms with E-state index in [4.69, 9.17) is 10.7 Å². The van der Waals surface area contributed by atoms with Crippen molar-refractivity contribution in [1.29, 1.82) is 0 Å². The van der Waals surface area contributed by atoms with Gasteiger partial charge in [0.05, 0.1) is 0 Å². The number of ketones is 1. The summed E-state index contributed by atoms with van der Waals surface area (Å²) in [5.74, 6) is -0.265. The lowest BCUT2D eigenvalue weighted by Crippen LogP contribution is -2.26. The van der Waals surface area contributed by atoms with Gasteiger partial charge in [0, 0.05) is 41.3 Å². The van der Waals surface area contributed by atoms with Crippen LogP contribution in [0, 0.1) is 0 Å². The number of rotatable bonds is 4. The first-order valence-electron chi connectivity index (χ1n) is 6.20. The molecule has 7 heteroatoms. The molecule has 1 amide bonds. The van der Waals surface area contributed by atoms with Crippen molar-refractivity contribution in [2.24, 2.45) is 0 Å². The number of anilines is 1. The SMILES string of the molecule is CCC(=O)c1ccc(N2CC(S(=O)(=O)Cl)CC2=O)cc1. The summed E-state index contributed by atoms with van der Waals surface area (Å²) in [7, 11) is 1.55. The molecule has 1 aliphatic heterocycles. The average molecular weight is 316 g/mol. The van der Waals surface area contributed by atoms with Crippen LogP contribution in [0.4, 0.5) is 5.69 Å². The molecule has 0 saturated carbocycles. The predicted octanol–water partition coefficient (Wildman–Crippen LogP) is 1.95. The molecule has 0 spiro atoms. The molecule has 0 N–H and O–H groups in total. The topological polar surface area (TPSA) is 71.5 Å². The molecule has 1 aromatic rings. The molecule has 1 atom stereocenters. The highest BCUT2D eigenvalue weighted by Gasteiger charge is 2.37. The fraction of sp³-hybridized carbons (Fsp3) is 0.385. The first-order valence-corrected chi connectivity index (χ1v) is 8.57. The van der Waals surface area contributed by atoms with E-state index in [1.807, 2.05) is 0 Å². The largest absolute Gasteiger partial charge is 0.311 e. The van der Waals surface area contributed by atoms with E-state index in [0.29, 0.717) is 17.7 Å². The predicted molar refractivity (Wildman–Crippen MR) is 76.6 cm³/mol. The molecular formula is C13H14ClNO4S.